The zero-order valence-corrected chi connectivity index (χ0v) is 20.3. The number of rotatable bonds is 7. The highest BCUT2D eigenvalue weighted by Gasteiger charge is 2.56. The number of aliphatic hydroxyl groups is 2. The molecule has 2 heterocycles. The van der Waals surface area contributed by atoms with Crippen LogP contribution in [0.2, 0.25) is 0 Å². The van der Waals surface area contributed by atoms with Crippen molar-refractivity contribution in [2.24, 2.45) is 15.9 Å². The third-order valence-corrected chi connectivity index (χ3v) is 5.08. The Hall–Kier alpha value is -0.970. The van der Waals surface area contributed by atoms with E-state index in [4.69, 9.17) is 9.47 Å². The highest BCUT2D eigenvalue weighted by Crippen LogP contribution is 2.39. The number of nitrogens with zero attached hydrogens (tertiary/aromatic N) is 4. The Morgan fingerprint density at radius 2 is 2.17 bits per heavy atom. The van der Waals surface area contributed by atoms with E-state index in [2.05, 4.69) is 15.0 Å². The van der Waals surface area contributed by atoms with E-state index in [0.29, 0.717) is 0 Å². The molecule has 10 nitrogen and oxygen atoms in total. The van der Waals surface area contributed by atoms with Gasteiger partial charge in [0.15, 0.2) is 18.1 Å². The Labute approximate surface area is 194 Å². The number of hydrogen-bond donors (Lipinski definition) is 2. The summed E-state index contributed by atoms with van der Waals surface area (Å²) in [5.41, 5.74) is -2.51. The number of halogens is 2. The van der Waals surface area contributed by atoms with Crippen LogP contribution in [-0.2, 0) is 14.3 Å². The summed E-state index contributed by atoms with van der Waals surface area (Å²) < 4.78 is 15.2. The lowest BCUT2D eigenvalue weighted by Gasteiger charge is -2.30. The minimum atomic E-state index is -1.81. The first-order valence-electron chi connectivity index (χ1n) is 8.70. The van der Waals surface area contributed by atoms with Crippen molar-refractivity contribution in [2.75, 3.05) is 6.61 Å². The lowest BCUT2D eigenvalue weighted by Crippen LogP contribution is -2.49. The molecular formula is C17H22I2N4O6. The van der Waals surface area contributed by atoms with Gasteiger partial charge in [-0.1, -0.05) is 13.8 Å². The van der Waals surface area contributed by atoms with Crippen LogP contribution in [0.3, 0.4) is 0 Å². The highest BCUT2D eigenvalue weighted by molar-refractivity contribution is 14.1. The second kappa shape index (κ2) is 10.4. The summed E-state index contributed by atoms with van der Waals surface area (Å²) >= 11 is 3.81. The molecule has 1 aromatic heterocycles. The predicted octanol–water partition coefficient (Wildman–Crippen LogP) is 1.38. The first kappa shape index (κ1) is 24.3. The molecule has 0 aromatic carbocycles. The van der Waals surface area contributed by atoms with Crippen molar-refractivity contribution >= 4 is 65.4 Å². The second-order valence-electron chi connectivity index (χ2n) is 6.93. The molecule has 0 spiro atoms. The molecule has 0 saturated carbocycles. The monoisotopic (exact) mass is 632 g/mol. The van der Waals surface area contributed by atoms with Gasteiger partial charge >= 0.3 is 11.7 Å². The van der Waals surface area contributed by atoms with Gasteiger partial charge in [0.25, 0.3) is 0 Å². The molecule has 0 radical (unpaired) electrons. The van der Waals surface area contributed by atoms with Crippen LogP contribution in [0.5, 0.6) is 0 Å². The zero-order valence-electron chi connectivity index (χ0n) is 16.0. The SMILES string of the molecule is CC(C)C(N=CI)C(=O)O[C@H]1[C@@H](CO)O[C@@H](n2ccc(N=CI)nc2=O)C1(C)O. The highest BCUT2D eigenvalue weighted by atomic mass is 127. The first-order chi connectivity index (χ1) is 13.7. The summed E-state index contributed by atoms with van der Waals surface area (Å²) in [6, 6.07) is 0.712. The Bertz CT molecular complexity index is 841. The molecule has 1 fully saturated rings. The molecule has 160 valence electrons. The number of aliphatic hydroxyl groups excluding tert-OH is 1. The van der Waals surface area contributed by atoms with Crippen LogP contribution in [0, 0.1) is 5.92 Å². The Morgan fingerprint density at radius 3 is 2.69 bits per heavy atom. The third-order valence-electron chi connectivity index (χ3n) is 4.48. The number of ether oxygens (including phenoxy) is 2. The summed E-state index contributed by atoms with van der Waals surface area (Å²) in [6.45, 7) is 4.49. The van der Waals surface area contributed by atoms with E-state index in [9.17, 15) is 19.8 Å². The van der Waals surface area contributed by atoms with Crippen molar-refractivity contribution in [3.8, 4) is 0 Å². The normalized spacial score (nSPS) is 28.5. The van der Waals surface area contributed by atoms with E-state index in [1.54, 1.807) is 0 Å². The van der Waals surface area contributed by atoms with Crippen molar-refractivity contribution < 1.29 is 24.5 Å². The number of carbonyl (C=O) groups excluding carboxylic acids is 1. The quantitative estimate of drug-likeness (QED) is 0.264. The van der Waals surface area contributed by atoms with Gasteiger partial charge in [0.2, 0.25) is 0 Å². The zero-order chi connectivity index (χ0) is 21.8. The van der Waals surface area contributed by atoms with Crippen molar-refractivity contribution in [2.45, 2.75) is 50.8 Å². The van der Waals surface area contributed by atoms with Crippen LogP contribution in [0.4, 0.5) is 5.82 Å². The minimum Gasteiger partial charge on any atom is -0.455 e. The number of esters is 1. The van der Waals surface area contributed by atoms with Gasteiger partial charge < -0.3 is 19.7 Å². The number of aliphatic imine (C=N–C) groups is 2. The number of hydrogen-bond acceptors (Lipinski definition) is 9. The second-order valence-corrected chi connectivity index (χ2v) is 8.04. The molecule has 1 saturated heterocycles. The van der Waals surface area contributed by atoms with E-state index in [-0.39, 0.29) is 11.7 Å². The predicted molar refractivity (Wildman–Crippen MR) is 123 cm³/mol. The van der Waals surface area contributed by atoms with Crippen LogP contribution in [0.15, 0.2) is 27.0 Å². The fraction of sp³-hybridized carbons (Fsp3) is 0.588. The Balaban J connectivity index is 2.34. The van der Waals surface area contributed by atoms with Gasteiger partial charge in [-0.3, -0.25) is 9.56 Å². The molecule has 0 amide bonds. The Kier molecular flexibility index (Phi) is 8.69. The van der Waals surface area contributed by atoms with E-state index >= 15 is 0 Å². The van der Waals surface area contributed by atoms with E-state index < -0.39 is 48.3 Å². The molecule has 1 aliphatic heterocycles. The maximum atomic E-state index is 12.6. The number of carbonyl (C=O) groups is 1. The Morgan fingerprint density at radius 1 is 1.48 bits per heavy atom. The molecule has 12 heteroatoms. The molecule has 2 rings (SSSR count). The maximum absolute atomic E-state index is 12.6. The van der Waals surface area contributed by atoms with Crippen LogP contribution < -0.4 is 5.69 Å². The first-order valence-corrected chi connectivity index (χ1v) is 11.2. The van der Waals surface area contributed by atoms with Gasteiger partial charge in [-0.25, -0.2) is 14.6 Å². The third kappa shape index (κ3) is 5.39. The van der Waals surface area contributed by atoms with Gasteiger partial charge in [-0.2, -0.15) is 4.98 Å². The summed E-state index contributed by atoms with van der Waals surface area (Å²) in [6.07, 6.45) is -2.09. The molecule has 1 aliphatic rings. The summed E-state index contributed by atoms with van der Waals surface area (Å²) in [5.74, 6) is -0.587. The fourth-order valence-corrected chi connectivity index (χ4v) is 3.67. The van der Waals surface area contributed by atoms with Gasteiger partial charge in [-0.05, 0) is 64.1 Å². The molecule has 0 bridgehead atoms. The minimum absolute atomic E-state index is 0.137. The van der Waals surface area contributed by atoms with Gasteiger partial charge in [0.05, 0.1) is 15.0 Å². The van der Waals surface area contributed by atoms with E-state index in [1.165, 1.54) is 27.6 Å². The smallest absolute Gasteiger partial charge is 0.351 e. The average Bonchev–Trinajstić information content (AvgIpc) is 2.90. The van der Waals surface area contributed by atoms with Gasteiger partial charge in [0.1, 0.15) is 17.7 Å². The molecule has 1 aromatic rings. The van der Waals surface area contributed by atoms with E-state index in [0.717, 1.165) is 4.57 Å². The van der Waals surface area contributed by atoms with Crippen LogP contribution in [-0.4, -0.2) is 64.6 Å². The van der Waals surface area contributed by atoms with Crippen molar-refractivity contribution in [1.29, 1.82) is 0 Å². The average molecular weight is 632 g/mol. The summed E-state index contributed by atoms with van der Waals surface area (Å²) in [5, 5.41) is 20.8. The van der Waals surface area contributed by atoms with Crippen LogP contribution in [0.25, 0.3) is 0 Å². The van der Waals surface area contributed by atoms with Crippen molar-refractivity contribution in [3.05, 3.63) is 22.7 Å². The van der Waals surface area contributed by atoms with Crippen molar-refractivity contribution in [3.63, 3.8) is 0 Å². The molecule has 2 N–H and O–H groups in total. The number of aromatic nitrogens is 2. The van der Waals surface area contributed by atoms with Gasteiger partial charge in [0, 0.05) is 6.20 Å². The topological polar surface area (TPSA) is 136 Å². The fourth-order valence-electron chi connectivity index (χ4n) is 3.04. The van der Waals surface area contributed by atoms with Crippen LogP contribution >= 0.6 is 45.2 Å². The van der Waals surface area contributed by atoms with E-state index in [1.807, 2.05) is 59.0 Å². The maximum Gasteiger partial charge on any atom is 0.351 e. The summed E-state index contributed by atoms with van der Waals surface area (Å²) in [4.78, 5) is 36.8. The molecule has 0 aliphatic carbocycles. The molecule has 5 atom stereocenters. The molecular weight excluding hydrogens is 610 g/mol. The molecule has 29 heavy (non-hydrogen) atoms. The summed E-state index contributed by atoms with van der Waals surface area (Å²) in [7, 11) is 0. The van der Waals surface area contributed by atoms with Crippen molar-refractivity contribution in [1.82, 2.24) is 9.55 Å². The largest absolute Gasteiger partial charge is 0.455 e. The molecule has 2 unspecified atom stereocenters. The lowest BCUT2D eigenvalue weighted by molar-refractivity contribution is -0.166. The standard InChI is InChI=1S/C17H22I2N4O6/c1-9(2)12(21-8-19)14(25)29-13-10(6-24)28-15(17(13,3)27)23-5-4-11(20-7-18)22-16(23)26/h4-5,7-10,12-13,15,24,27H,6H2,1-3H3/t10-,12?,13+,15-,17?/m1/s1. The van der Waals surface area contributed by atoms with Crippen LogP contribution in [0.1, 0.15) is 27.0 Å². The lowest BCUT2D eigenvalue weighted by atomic mass is 9.95. The van der Waals surface area contributed by atoms with Gasteiger partial charge in [-0.15, -0.1) is 0 Å².